The molecule has 0 radical (unpaired) electrons. The van der Waals surface area contributed by atoms with E-state index in [9.17, 15) is 0 Å². The molecule has 0 aromatic heterocycles. The lowest BCUT2D eigenvalue weighted by Gasteiger charge is -2.10. The molecule has 0 aliphatic heterocycles. The van der Waals surface area contributed by atoms with E-state index >= 15 is 0 Å². The molecule has 0 aliphatic rings. The first-order valence-electron chi connectivity index (χ1n) is 6.46. The highest BCUT2D eigenvalue weighted by Gasteiger charge is 2.03. The minimum Gasteiger partial charge on any atom is -0.491 e. The quantitative estimate of drug-likeness (QED) is 0.527. The largest absolute Gasteiger partial charge is 0.491 e. The standard InChI is InChI=1S/C14H22O5/c15-3-1-12-9-13(2-6-18-7-4-16)11-14(10-12)19-8-5-17/h9-11,15-17H,1-8H2. The summed E-state index contributed by atoms with van der Waals surface area (Å²) in [4.78, 5) is 0. The van der Waals surface area contributed by atoms with Crippen LogP contribution in [0.4, 0.5) is 0 Å². The Hall–Kier alpha value is -1.14. The van der Waals surface area contributed by atoms with Gasteiger partial charge in [0.15, 0.2) is 0 Å². The topological polar surface area (TPSA) is 79.2 Å². The van der Waals surface area contributed by atoms with Crippen molar-refractivity contribution in [1.29, 1.82) is 0 Å². The van der Waals surface area contributed by atoms with Crippen molar-refractivity contribution in [3.8, 4) is 5.75 Å². The van der Waals surface area contributed by atoms with Crippen molar-refractivity contribution in [2.24, 2.45) is 0 Å². The van der Waals surface area contributed by atoms with E-state index < -0.39 is 0 Å². The zero-order valence-electron chi connectivity index (χ0n) is 11.0. The van der Waals surface area contributed by atoms with Crippen LogP contribution in [0.3, 0.4) is 0 Å². The maximum absolute atomic E-state index is 8.99. The third kappa shape index (κ3) is 6.54. The van der Waals surface area contributed by atoms with Crippen LogP contribution in [0.2, 0.25) is 0 Å². The van der Waals surface area contributed by atoms with Gasteiger partial charge in [0.25, 0.3) is 0 Å². The molecule has 0 saturated carbocycles. The van der Waals surface area contributed by atoms with E-state index in [2.05, 4.69) is 0 Å². The Kier molecular flexibility index (Phi) is 8.16. The maximum atomic E-state index is 8.99. The Bertz CT molecular complexity index is 354. The predicted molar refractivity (Wildman–Crippen MR) is 71.4 cm³/mol. The van der Waals surface area contributed by atoms with Gasteiger partial charge in [-0.2, -0.15) is 0 Å². The van der Waals surface area contributed by atoms with E-state index in [0.29, 0.717) is 25.4 Å². The Morgan fingerprint density at radius 1 is 0.737 bits per heavy atom. The minimum atomic E-state index is -0.0286. The van der Waals surface area contributed by atoms with Crippen LogP contribution in [-0.2, 0) is 17.6 Å². The van der Waals surface area contributed by atoms with E-state index in [1.54, 1.807) is 0 Å². The van der Waals surface area contributed by atoms with E-state index in [1.807, 2.05) is 18.2 Å². The average Bonchev–Trinajstić information content (AvgIpc) is 2.42. The SMILES string of the molecule is OCCOCCc1cc(CCO)cc(OCCO)c1. The number of ether oxygens (including phenoxy) is 2. The molecule has 1 rings (SSSR count). The van der Waals surface area contributed by atoms with Gasteiger partial charge >= 0.3 is 0 Å². The monoisotopic (exact) mass is 270 g/mol. The zero-order valence-corrected chi connectivity index (χ0v) is 11.0. The number of benzene rings is 1. The fourth-order valence-electron chi connectivity index (χ4n) is 1.75. The van der Waals surface area contributed by atoms with Crippen LogP contribution in [0, 0.1) is 0 Å². The third-order valence-electron chi connectivity index (χ3n) is 2.56. The summed E-state index contributed by atoms with van der Waals surface area (Å²) < 4.78 is 10.6. The van der Waals surface area contributed by atoms with Crippen molar-refractivity contribution in [1.82, 2.24) is 0 Å². The van der Waals surface area contributed by atoms with Gasteiger partial charge in [0, 0.05) is 6.61 Å². The third-order valence-corrected chi connectivity index (χ3v) is 2.56. The van der Waals surface area contributed by atoms with Crippen molar-refractivity contribution < 1.29 is 24.8 Å². The van der Waals surface area contributed by atoms with E-state index in [4.69, 9.17) is 24.8 Å². The number of aliphatic hydroxyl groups is 3. The molecule has 0 unspecified atom stereocenters. The summed E-state index contributed by atoms with van der Waals surface area (Å²) in [5.41, 5.74) is 2.05. The van der Waals surface area contributed by atoms with Crippen molar-refractivity contribution >= 4 is 0 Å². The maximum Gasteiger partial charge on any atom is 0.119 e. The smallest absolute Gasteiger partial charge is 0.119 e. The number of rotatable bonds is 10. The molecular formula is C14H22O5. The second-order valence-corrected chi connectivity index (χ2v) is 4.12. The van der Waals surface area contributed by atoms with Crippen LogP contribution in [0.15, 0.2) is 18.2 Å². The van der Waals surface area contributed by atoms with Crippen molar-refractivity contribution in [3.63, 3.8) is 0 Å². The van der Waals surface area contributed by atoms with Crippen LogP contribution in [0.1, 0.15) is 11.1 Å². The molecule has 108 valence electrons. The van der Waals surface area contributed by atoms with Gasteiger partial charge in [-0.05, 0) is 36.1 Å². The van der Waals surface area contributed by atoms with Crippen LogP contribution < -0.4 is 4.74 Å². The first-order valence-corrected chi connectivity index (χ1v) is 6.46. The number of hydrogen-bond donors (Lipinski definition) is 3. The molecule has 5 nitrogen and oxygen atoms in total. The fraction of sp³-hybridized carbons (Fsp3) is 0.571. The van der Waals surface area contributed by atoms with Gasteiger partial charge < -0.3 is 24.8 Å². The molecule has 0 aliphatic carbocycles. The average molecular weight is 270 g/mol. The van der Waals surface area contributed by atoms with Gasteiger partial charge in [-0.3, -0.25) is 0 Å². The van der Waals surface area contributed by atoms with E-state index in [1.165, 1.54) is 0 Å². The Morgan fingerprint density at radius 2 is 1.42 bits per heavy atom. The summed E-state index contributed by atoms with van der Waals surface area (Å²) in [5.74, 6) is 0.692. The normalized spacial score (nSPS) is 10.7. The fourth-order valence-corrected chi connectivity index (χ4v) is 1.75. The predicted octanol–water partition coefficient (Wildman–Crippen LogP) is 0.144. The number of hydrogen-bond acceptors (Lipinski definition) is 5. The summed E-state index contributed by atoms with van der Waals surface area (Å²) in [7, 11) is 0. The lowest BCUT2D eigenvalue weighted by Crippen LogP contribution is -2.06. The summed E-state index contributed by atoms with van der Waals surface area (Å²) >= 11 is 0. The summed E-state index contributed by atoms with van der Waals surface area (Å²) in [6, 6.07) is 5.77. The van der Waals surface area contributed by atoms with Gasteiger partial charge in [-0.15, -0.1) is 0 Å². The second-order valence-electron chi connectivity index (χ2n) is 4.12. The molecule has 19 heavy (non-hydrogen) atoms. The van der Waals surface area contributed by atoms with Crippen LogP contribution in [-0.4, -0.2) is 55.0 Å². The van der Waals surface area contributed by atoms with Gasteiger partial charge in [-0.1, -0.05) is 6.07 Å². The van der Waals surface area contributed by atoms with Crippen molar-refractivity contribution in [3.05, 3.63) is 29.3 Å². The molecule has 3 N–H and O–H groups in total. The first kappa shape index (κ1) is 15.9. The molecular weight excluding hydrogens is 248 g/mol. The second kappa shape index (κ2) is 9.75. The van der Waals surface area contributed by atoms with Gasteiger partial charge in [0.2, 0.25) is 0 Å². The van der Waals surface area contributed by atoms with E-state index in [-0.39, 0.29) is 26.4 Å². The van der Waals surface area contributed by atoms with Gasteiger partial charge in [0.05, 0.1) is 26.4 Å². The highest BCUT2D eigenvalue weighted by Crippen LogP contribution is 2.18. The summed E-state index contributed by atoms with van der Waals surface area (Å²) in [6.45, 7) is 1.20. The number of aliphatic hydroxyl groups excluding tert-OH is 3. The molecule has 1 aromatic rings. The van der Waals surface area contributed by atoms with Crippen LogP contribution in [0.25, 0.3) is 0 Å². The molecule has 5 heteroatoms. The lowest BCUT2D eigenvalue weighted by molar-refractivity contribution is 0.0944. The molecule has 0 atom stereocenters. The van der Waals surface area contributed by atoms with Crippen LogP contribution in [0.5, 0.6) is 5.75 Å². The van der Waals surface area contributed by atoms with Crippen LogP contribution >= 0.6 is 0 Å². The molecule has 0 amide bonds. The van der Waals surface area contributed by atoms with E-state index in [0.717, 1.165) is 17.5 Å². The molecule has 0 bridgehead atoms. The van der Waals surface area contributed by atoms with Crippen molar-refractivity contribution in [2.45, 2.75) is 12.8 Å². The highest BCUT2D eigenvalue weighted by atomic mass is 16.5. The molecule has 0 heterocycles. The molecule has 0 spiro atoms. The van der Waals surface area contributed by atoms with Crippen molar-refractivity contribution in [2.75, 3.05) is 39.6 Å². The van der Waals surface area contributed by atoms with Gasteiger partial charge in [-0.25, -0.2) is 0 Å². The molecule has 0 fully saturated rings. The lowest BCUT2D eigenvalue weighted by atomic mass is 10.1. The Morgan fingerprint density at radius 3 is 2.05 bits per heavy atom. The summed E-state index contributed by atoms with van der Waals surface area (Å²) in [5, 5.41) is 26.4. The zero-order chi connectivity index (χ0) is 13.9. The highest BCUT2D eigenvalue weighted by molar-refractivity contribution is 5.35. The molecule has 1 aromatic carbocycles. The summed E-state index contributed by atoms with van der Waals surface area (Å²) in [6.07, 6.45) is 1.29. The van der Waals surface area contributed by atoms with Gasteiger partial charge in [0.1, 0.15) is 12.4 Å². The Labute approximate surface area is 113 Å². The Balaban J connectivity index is 2.63. The first-order chi connectivity index (χ1) is 9.30. The molecule has 0 saturated heterocycles. The minimum absolute atomic E-state index is 0.0232.